The Morgan fingerprint density at radius 3 is 2.87 bits per heavy atom. The van der Waals surface area contributed by atoms with Crippen LogP contribution in [-0.4, -0.2) is 16.1 Å². The molecule has 2 aromatic rings. The zero-order valence-corrected chi connectivity index (χ0v) is 8.14. The predicted molar refractivity (Wildman–Crippen MR) is 53.6 cm³/mol. The van der Waals surface area contributed by atoms with Gasteiger partial charge in [0.1, 0.15) is 5.82 Å². The lowest BCUT2D eigenvalue weighted by molar-refractivity contribution is 0.112. The van der Waals surface area contributed by atoms with Gasteiger partial charge in [-0.3, -0.25) is 4.79 Å². The van der Waals surface area contributed by atoms with Gasteiger partial charge in [0.2, 0.25) is 0 Å². The predicted octanol–water partition coefficient (Wildman–Crippen LogP) is 2.13. The fourth-order valence-corrected chi connectivity index (χ4v) is 1.26. The van der Waals surface area contributed by atoms with E-state index in [1.807, 2.05) is 0 Å². The van der Waals surface area contributed by atoms with Crippen LogP contribution in [0, 0.1) is 12.7 Å². The number of aryl methyl sites for hydroxylation is 1. The quantitative estimate of drug-likeness (QED) is 0.702. The van der Waals surface area contributed by atoms with Gasteiger partial charge in [-0.25, -0.2) is 9.07 Å². The molecule has 3 nitrogen and oxygen atoms in total. The highest BCUT2D eigenvalue weighted by molar-refractivity contribution is 5.73. The van der Waals surface area contributed by atoms with Crippen molar-refractivity contribution in [1.82, 2.24) is 9.78 Å². The molecule has 1 aromatic heterocycles. The molecule has 15 heavy (non-hydrogen) atoms. The molecule has 0 bridgehead atoms. The molecule has 0 aliphatic rings. The van der Waals surface area contributed by atoms with Crippen LogP contribution in [-0.2, 0) is 0 Å². The molecule has 76 valence electrons. The van der Waals surface area contributed by atoms with Crippen LogP contribution in [0.3, 0.4) is 0 Å². The van der Waals surface area contributed by atoms with E-state index >= 15 is 0 Å². The second-order valence-corrected chi connectivity index (χ2v) is 3.27. The summed E-state index contributed by atoms with van der Waals surface area (Å²) in [5.74, 6) is -0.282. The number of carbonyl (C=O) groups is 1. The average Bonchev–Trinajstić information content (AvgIpc) is 2.70. The first kappa shape index (κ1) is 9.58. The highest BCUT2D eigenvalue weighted by Crippen LogP contribution is 2.12. The van der Waals surface area contributed by atoms with Crippen LogP contribution in [0.4, 0.5) is 4.39 Å². The summed E-state index contributed by atoms with van der Waals surface area (Å²) in [6, 6.07) is 4.81. The molecular formula is C11H9FN2O. The van der Waals surface area contributed by atoms with Gasteiger partial charge in [-0.2, -0.15) is 5.10 Å². The molecule has 1 aromatic carbocycles. The smallest absolute Gasteiger partial charge is 0.153 e. The Bertz CT molecular complexity index is 505. The third kappa shape index (κ3) is 1.79. The van der Waals surface area contributed by atoms with E-state index in [2.05, 4.69) is 5.10 Å². The van der Waals surface area contributed by atoms with Gasteiger partial charge in [0, 0.05) is 6.20 Å². The molecule has 4 heteroatoms. The zero-order valence-electron chi connectivity index (χ0n) is 8.14. The molecule has 0 atom stereocenters. The van der Waals surface area contributed by atoms with Crippen molar-refractivity contribution in [2.45, 2.75) is 6.92 Å². The fourth-order valence-electron chi connectivity index (χ4n) is 1.26. The average molecular weight is 204 g/mol. The molecule has 0 spiro atoms. The Kier molecular flexibility index (Phi) is 2.33. The van der Waals surface area contributed by atoms with Crippen molar-refractivity contribution in [3.63, 3.8) is 0 Å². The highest BCUT2D eigenvalue weighted by Gasteiger charge is 2.03. The van der Waals surface area contributed by atoms with Crippen molar-refractivity contribution < 1.29 is 9.18 Å². The molecule has 0 amide bonds. The van der Waals surface area contributed by atoms with E-state index in [4.69, 9.17) is 0 Å². The van der Waals surface area contributed by atoms with Gasteiger partial charge in [0.25, 0.3) is 0 Å². The van der Waals surface area contributed by atoms with Gasteiger partial charge in [0.15, 0.2) is 6.29 Å². The summed E-state index contributed by atoms with van der Waals surface area (Å²) in [5.41, 5.74) is 1.66. The molecule has 0 N–H and O–H groups in total. The monoisotopic (exact) mass is 204 g/mol. The van der Waals surface area contributed by atoms with E-state index in [0.29, 0.717) is 23.1 Å². The summed E-state index contributed by atoms with van der Waals surface area (Å²) in [6.45, 7) is 1.69. The summed E-state index contributed by atoms with van der Waals surface area (Å²) in [4.78, 5) is 10.4. The third-order valence-electron chi connectivity index (χ3n) is 2.16. The lowest BCUT2D eigenvalue weighted by Crippen LogP contribution is -1.95. The molecule has 0 aliphatic heterocycles. The third-order valence-corrected chi connectivity index (χ3v) is 2.16. The van der Waals surface area contributed by atoms with Gasteiger partial charge < -0.3 is 0 Å². The first-order valence-corrected chi connectivity index (χ1v) is 4.47. The number of hydrogen-bond acceptors (Lipinski definition) is 2. The summed E-state index contributed by atoms with van der Waals surface area (Å²) >= 11 is 0. The molecular weight excluding hydrogens is 195 g/mol. The maximum Gasteiger partial charge on any atom is 0.153 e. The van der Waals surface area contributed by atoms with E-state index in [1.54, 1.807) is 25.3 Å². The van der Waals surface area contributed by atoms with Crippen molar-refractivity contribution >= 4 is 6.29 Å². The number of nitrogens with zero attached hydrogens (tertiary/aromatic N) is 2. The van der Waals surface area contributed by atoms with E-state index in [9.17, 15) is 9.18 Å². The minimum Gasteiger partial charge on any atom is -0.298 e. The van der Waals surface area contributed by atoms with Gasteiger partial charge in [-0.1, -0.05) is 6.07 Å². The molecule has 0 fully saturated rings. The molecule has 1 heterocycles. The standard InChI is InChI=1S/C11H9FN2O/c1-8-2-3-10(4-11(8)12)14-6-9(7-15)5-13-14/h2-7H,1H3. The van der Waals surface area contributed by atoms with Crippen molar-refractivity contribution in [3.8, 4) is 5.69 Å². The summed E-state index contributed by atoms with van der Waals surface area (Å²) in [5, 5.41) is 3.95. The number of carbonyl (C=O) groups excluding carboxylic acids is 1. The Morgan fingerprint density at radius 2 is 2.27 bits per heavy atom. The van der Waals surface area contributed by atoms with Crippen molar-refractivity contribution in [2.75, 3.05) is 0 Å². The Labute approximate surface area is 86.2 Å². The van der Waals surface area contributed by atoms with Crippen LogP contribution in [0.2, 0.25) is 0 Å². The number of rotatable bonds is 2. The minimum atomic E-state index is -0.282. The second-order valence-electron chi connectivity index (χ2n) is 3.27. The van der Waals surface area contributed by atoms with Gasteiger partial charge in [-0.15, -0.1) is 0 Å². The summed E-state index contributed by atoms with van der Waals surface area (Å²) in [7, 11) is 0. The minimum absolute atomic E-state index is 0.282. The Morgan fingerprint density at radius 1 is 1.47 bits per heavy atom. The van der Waals surface area contributed by atoms with E-state index < -0.39 is 0 Å². The lowest BCUT2D eigenvalue weighted by Gasteiger charge is -2.02. The first-order chi connectivity index (χ1) is 7.20. The van der Waals surface area contributed by atoms with Crippen LogP contribution in [0.15, 0.2) is 30.6 Å². The number of aldehydes is 1. The molecule has 0 radical (unpaired) electrons. The zero-order chi connectivity index (χ0) is 10.8. The van der Waals surface area contributed by atoms with Crippen molar-refractivity contribution in [1.29, 1.82) is 0 Å². The van der Waals surface area contributed by atoms with Crippen molar-refractivity contribution in [3.05, 3.63) is 47.5 Å². The van der Waals surface area contributed by atoms with E-state index in [1.165, 1.54) is 16.9 Å². The molecule has 0 unspecified atom stereocenters. The topological polar surface area (TPSA) is 34.9 Å². The van der Waals surface area contributed by atoms with Gasteiger partial charge in [0.05, 0.1) is 17.4 Å². The number of aromatic nitrogens is 2. The van der Waals surface area contributed by atoms with Gasteiger partial charge >= 0.3 is 0 Å². The van der Waals surface area contributed by atoms with Gasteiger partial charge in [-0.05, 0) is 24.6 Å². The molecule has 0 aliphatic carbocycles. The molecule has 0 saturated heterocycles. The fraction of sp³-hybridized carbons (Fsp3) is 0.0909. The first-order valence-electron chi connectivity index (χ1n) is 4.47. The van der Waals surface area contributed by atoms with Crippen LogP contribution < -0.4 is 0 Å². The number of hydrogen-bond donors (Lipinski definition) is 0. The van der Waals surface area contributed by atoms with E-state index in [0.717, 1.165) is 0 Å². The maximum atomic E-state index is 13.2. The number of halogens is 1. The second kappa shape index (κ2) is 3.65. The number of benzene rings is 1. The normalized spacial score (nSPS) is 10.3. The molecule has 2 rings (SSSR count). The molecule has 0 saturated carbocycles. The Hall–Kier alpha value is -1.97. The highest BCUT2D eigenvalue weighted by atomic mass is 19.1. The SMILES string of the molecule is Cc1ccc(-n2cc(C=O)cn2)cc1F. The van der Waals surface area contributed by atoms with E-state index in [-0.39, 0.29) is 5.82 Å². The van der Waals surface area contributed by atoms with Crippen LogP contribution >= 0.6 is 0 Å². The van der Waals surface area contributed by atoms with Crippen LogP contribution in [0.5, 0.6) is 0 Å². The van der Waals surface area contributed by atoms with Crippen LogP contribution in [0.1, 0.15) is 15.9 Å². The maximum absolute atomic E-state index is 13.2. The van der Waals surface area contributed by atoms with Crippen molar-refractivity contribution in [2.24, 2.45) is 0 Å². The van der Waals surface area contributed by atoms with Crippen LogP contribution in [0.25, 0.3) is 5.69 Å². The Balaban J connectivity index is 2.44. The summed E-state index contributed by atoms with van der Waals surface area (Å²) < 4.78 is 14.7. The lowest BCUT2D eigenvalue weighted by atomic mass is 10.2. The largest absolute Gasteiger partial charge is 0.298 e. The summed E-state index contributed by atoms with van der Waals surface area (Å²) in [6.07, 6.45) is 3.69.